The van der Waals surface area contributed by atoms with Gasteiger partial charge >= 0.3 is 0 Å². The third-order valence-corrected chi connectivity index (χ3v) is 3.04. The fourth-order valence-corrected chi connectivity index (χ4v) is 2.10. The van der Waals surface area contributed by atoms with E-state index in [-0.39, 0.29) is 0 Å². The molecule has 3 N–H and O–H groups in total. The first kappa shape index (κ1) is 7.80. The molecule has 1 aromatic heterocycles. The van der Waals surface area contributed by atoms with Crippen molar-refractivity contribution in [2.24, 2.45) is 5.73 Å². The molecule has 3 nitrogen and oxygen atoms in total. The Bertz CT molecular complexity index is 236. The van der Waals surface area contributed by atoms with Crippen molar-refractivity contribution < 1.29 is 0 Å². The van der Waals surface area contributed by atoms with Crippen LogP contribution in [0.1, 0.15) is 31.2 Å². The van der Waals surface area contributed by atoms with E-state index in [1.165, 1.54) is 24.8 Å². The van der Waals surface area contributed by atoms with Crippen LogP contribution in [0, 0.1) is 0 Å². The fourth-order valence-electron chi connectivity index (χ4n) is 2.10. The highest BCUT2D eigenvalue weighted by Crippen LogP contribution is 2.45. The zero-order valence-corrected chi connectivity index (χ0v) is 7.21. The number of hydrogen-bond acceptors (Lipinski definition) is 2. The molecule has 12 heavy (non-hydrogen) atoms. The smallest absolute Gasteiger partial charge is 0.0524 e. The minimum absolute atomic E-state index is 0.377. The Morgan fingerprint density at radius 2 is 2.42 bits per heavy atom. The van der Waals surface area contributed by atoms with Crippen molar-refractivity contribution in [3.63, 3.8) is 0 Å². The lowest BCUT2D eigenvalue weighted by molar-refractivity contribution is 0.229. The number of nitrogens with two attached hydrogens (primary N) is 1. The molecule has 3 heteroatoms. The average molecular weight is 165 g/mol. The third-order valence-electron chi connectivity index (χ3n) is 3.04. The maximum absolute atomic E-state index is 5.60. The lowest BCUT2D eigenvalue weighted by atomic mass is 9.63. The minimum Gasteiger partial charge on any atom is -0.330 e. The summed E-state index contributed by atoms with van der Waals surface area (Å²) < 4.78 is 0. The van der Waals surface area contributed by atoms with Gasteiger partial charge in [0.15, 0.2) is 0 Å². The summed E-state index contributed by atoms with van der Waals surface area (Å²) in [6.45, 7) is 0.783. The maximum Gasteiger partial charge on any atom is 0.0524 e. The van der Waals surface area contributed by atoms with Crippen LogP contribution in [0.2, 0.25) is 0 Å². The van der Waals surface area contributed by atoms with E-state index < -0.39 is 0 Å². The highest BCUT2D eigenvalue weighted by Gasteiger charge is 2.38. The molecule has 0 radical (unpaired) electrons. The first-order chi connectivity index (χ1) is 5.87. The molecule has 0 amide bonds. The van der Waals surface area contributed by atoms with Crippen molar-refractivity contribution in [1.82, 2.24) is 10.2 Å². The summed E-state index contributed by atoms with van der Waals surface area (Å²) >= 11 is 0. The molecule has 66 valence electrons. The molecule has 0 atom stereocenters. The topological polar surface area (TPSA) is 54.7 Å². The van der Waals surface area contributed by atoms with Crippen LogP contribution in [0.4, 0.5) is 0 Å². The van der Waals surface area contributed by atoms with Gasteiger partial charge in [-0.05, 0) is 36.8 Å². The second-order valence-corrected chi connectivity index (χ2v) is 3.66. The standard InChI is InChI=1S/C9H15N3/c10-5-4-9(2-1-3-9)8-6-11-12-7-8/h6-7H,1-5,10H2,(H,11,12). The molecule has 1 aromatic rings. The van der Waals surface area contributed by atoms with E-state index >= 15 is 0 Å². The Morgan fingerprint density at radius 1 is 1.58 bits per heavy atom. The van der Waals surface area contributed by atoms with Crippen molar-refractivity contribution >= 4 is 0 Å². The summed E-state index contributed by atoms with van der Waals surface area (Å²) in [6.07, 6.45) is 8.95. The predicted molar refractivity (Wildman–Crippen MR) is 47.8 cm³/mol. The van der Waals surface area contributed by atoms with Crippen molar-refractivity contribution in [2.75, 3.05) is 6.54 Å². The Labute approximate surface area is 72.4 Å². The molecule has 0 unspecified atom stereocenters. The number of aromatic nitrogens is 2. The van der Waals surface area contributed by atoms with Crippen LogP contribution in [0.15, 0.2) is 12.4 Å². The molecule has 0 aliphatic heterocycles. The molecular weight excluding hydrogens is 150 g/mol. The largest absolute Gasteiger partial charge is 0.330 e. The molecular formula is C9H15N3. The van der Waals surface area contributed by atoms with Gasteiger partial charge in [0, 0.05) is 6.20 Å². The van der Waals surface area contributed by atoms with Gasteiger partial charge in [-0.3, -0.25) is 5.10 Å². The molecule has 1 saturated carbocycles. The maximum atomic E-state index is 5.60. The van der Waals surface area contributed by atoms with Gasteiger partial charge in [-0.1, -0.05) is 6.42 Å². The van der Waals surface area contributed by atoms with Crippen molar-refractivity contribution in [2.45, 2.75) is 31.1 Å². The summed E-state index contributed by atoms with van der Waals surface area (Å²) in [5.74, 6) is 0. The van der Waals surface area contributed by atoms with Gasteiger partial charge in [0.25, 0.3) is 0 Å². The van der Waals surface area contributed by atoms with E-state index in [0.29, 0.717) is 5.41 Å². The van der Waals surface area contributed by atoms with E-state index in [2.05, 4.69) is 10.2 Å². The van der Waals surface area contributed by atoms with Gasteiger partial charge < -0.3 is 5.73 Å². The van der Waals surface area contributed by atoms with E-state index in [1.807, 2.05) is 12.4 Å². The van der Waals surface area contributed by atoms with Gasteiger partial charge in [-0.15, -0.1) is 0 Å². The van der Waals surface area contributed by atoms with E-state index in [0.717, 1.165) is 13.0 Å². The van der Waals surface area contributed by atoms with Crippen molar-refractivity contribution in [1.29, 1.82) is 0 Å². The molecule has 0 spiro atoms. The number of rotatable bonds is 3. The first-order valence-corrected chi connectivity index (χ1v) is 4.57. The average Bonchev–Trinajstić information content (AvgIpc) is 2.48. The normalized spacial score (nSPS) is 20.4. The molecule has 1 heterocycles. The van der Waals surface area contributed by atoms with Crippen LogP contribution in [0.5, 0.6) is 0 Å². The van der Waals surface area contributed by atoms with E-state index in [4.69, 9.17) is 5.73 Å². The lowest BCUT2D eigenvalue weighted by Crippen LogP contribution is -2.35. The number of aromatic amines is 1. The van der Waals surface area contributed by atoms with Crippen LogP contribution in [0.25, 0.3) is 0 Å². The second-order valence-electron chi connectivity index (χ2n) is 3.66. The zero-order valence-electron chi connectivity index (χ0n) is 7.21. The van der Waals surface area contributed by atoms with E-state index in [1.54, 1.807) is 0 Å². The first-order valence-electron chi connectivity index (χ1n) is 4.57. The van der Waals surface area contributed by atoms with Crippen LogP contribution >= 0.6 is 0 Å². The summed E-state index contributed by atoms with van der Waals surface area (Å²) in [5.41, 5.74) is 7.32. The number of nitrogens with one attached hydrogen (secondary N) is 1. The Balaban J connectivity index is 2.17. The third kappa shape index (κ3) is 1.05. The predicted octanol–water partition coefficient (Wildman–Crippen LogP) is 1.18. The molecule has 1 aliphatic rings. The SMILES string of the molecule is NCCC1(c2cn[nH]c2)CCC1. The quantitative estimate of drug-likeness (QED) is 0.706. The molecule has 2 rings (SSSR count). The Kier molecular flexibility index (Phi) is 1.89. The zero-order chi connectivity index (χ0) is 8.44. The molecule has 1 aliphatic carbocycles. The highest BCUT2D eigenvalue weighted by molar-refractivity contribution is 5.22. The lowest BCUT2D eigenvalue weighted by Gasteiger charge is -2.41. The Morgan fingerprint density at radius 3 is 2.83 bits per heavy atom. The van der Waals surface area contributed by atoms with Gasteiger partial charge in [0.2, 0.25) is 0 Å². The van der Waals surface area contributed by atoms with Gasteiger partial charge in [-0.2, -0.15) is 5.10 Å². The Hall–Kier alpha value is -0.830. The minimum atomic E-state index is 0.377. The van der Waals surface area contributed by atoms with Crippen LogP contribution in [-0.4, -0.2) is 16.7 Å². The second kappa shape index (κ2) is 2.90. The number of hydrogen-bond donors (Lipinski definition) is 2. The van der Waals surface area contributed by atoms with Crippen molar-refractivity contribution in [3.8, 4) is 0 Å². The summed E-state index contributed by atoms with van der Waals surface area (Å²) in [6, 6.07) is 0. The summed E-state index contributed by atoms with van der Waals surface area (Å²) in [5, 5.41) is 6.86. The monoisotopic (exact) mass is 165 g/mol. The summed E-state index contributed by atoms with van der Waals surface area (Å²) in [7, 11) is 0. The number of H-pyrrole nitrogens is 1. The van der Waals surface area contributed by atoms with Crippen LogP contribution in [-0.2, 0) is 5.41 Å². The molecule has 0 aromatic carbocycles. The molecule has 1 fully saturated rings. The van der Waals surface area contributed by atoms with Crippen LogP contribution < -0.4 is 5.73 Å². The van der Waals surface area contributed by atoms with Gasteiger partial charge in [-0.25, -0.2) is 0 Å². The highest BCUT2D eigenvalue weighted by atomic mass is 15.1. The van der Waals surface area contributed by atoms with E-state index in [9.17, 15) is 0 Å². The van der Waals surface area contributed by atoms with Gasteiger partial charge in [0.1, 0.15) is 0 Å². The van der Waals surface area contributed by atoms with Gasteiger partial charge in [0.05, 0.1) is 6.20 Å². The van der Waals surface area contributed by atoms with Crippen LogP contribution in [0.3, 0.4) is 0 Å². The van der Waals surface area contributed by atoms with Crippen molar-refractivity contribution in [3.05, 3.63) is 18.0 Å². The summed E-state index contributed by atoms with van der Waals surface area (Å²) in [4.78, 5) is 0. The number of nitrogens with zero attached hydrogens (tertiary/aromatic N) is 1. The molecule has 0 bridgehead atoms. The fraction of sp³-hybridized carbons (Fsp3) is 0.667. The molecule has 0 saturated heterocycles.